The number of hydrogen-bond acceptors (Lipinski definition) is 4. The zero-order valence-electron chi connectivity index (χ0n) is 15.0. The third kappa shape index (κ3) is 3.23. The Labute approximate surface area is 156 Å². The molecule has 1 fully saturated rings. The van der Waals surface area contributed by atoms with E-state index >= 15 is 0 Å². The van der Waals surface area contributed by atoms with E-state index in [1.54, 1.807) is 22.7 Å². The number of nitrogens with two attached hydrogens (primary N) is 2. The SMILES string of the molecule is CC(Nc1c(C(N)=O)cnn2cc(-c3cccc(C(N)=O)c3)cc12)C1CC1. The Hall–Kier alpha value is -3.35. The number of anilines is 1. The van der Waals surface area contributed by atoms with Gasteiger partial charge in [-0.05, 0) is 49.4 Å². The monoisotopic (exact) mass is 363 g/mol. The molecule has 7 nitrogen and oxygen atoms in total. The summed E-state index contributed by atoms with van der Waals surface area (Å²) in [5.74, 6) is -0.384. The second kappa shape index (κ2) is 6.42. The minimum atomic E-state index is -0.519. The van der Waals surface area contributed by atoms with E-state index in [0.717, 1.165) is 16.6 Å². The van der Waals surface area contributed by atoms with Gasteiger partial charge in [-0.2, -0.15) is 5.10 Å². The highest BCUT2D eigenvalue weighted by molar-refractivity contribution is 6.02. The highest BCUT2D eigenvalue weighted by Crippen LogP contribution is 2.36. The van der Waals surface area contributed by atoms with Gasteiger partial charge in [-0.1, -0.05) is 12.1 Å². The Bertz CT molecular complexity index is 1050. The summed E-state index contributed by atoms with van der Waals surface area (Å²) < 4.78 is 1.71. The predicted octanol–water partition coefficient (Wildman–Crippen LogP) is 2.41. The van der Waals surface area contributed by atoms with Gasteiger partial charge in [0, 0.05) is 23.4 Å². The summed E-state index contributed by atoms with van der Waals surface area (Å²) in [5, 5.41) is 7.77. The summed E-state index contributed by atoms with van der Waals surface area (Å²) in [6.45, 7) is 2.11. The van der Waals surface area contributed by atoms with Crippen LogP contribution in [0, 0.1) is 5.92 Å². The number of aromatic nitrogens is 2. The lowest BCUT2D eigenvalue weighted by molar-refractivity contribution is 0.0992. The lowest BCUT2D eigenvalue weighted by Gasteiger charge is -2.17. The van der Waals surface area contributed by atoms with Crippen LogP contribution in [0.1, 0.15) is 40.5 Å². The molecule has 7 heteroatoms. The van der Waals surface area contributed by atoms with Gasteiger partial charge in [-0.25, -0.2) is 4.52 Å². The van der Waals surface area contributed by atoms with Gasteiger partial charge in [-0.15, -0.1) is 0 Å². The Morgan fingerprint density at radius 3 is 2.63 bits per heavy atom. The fourth-order valence-electron chi connectivity index (χ4n) is 3.35. The van der Waals surface area contributed by atoms with Gasteiger partial charge >= 0.3 is 0 Å². The van der Waals surface area contributed by atoms with Crippen molar-refractivity contribution in [2.24, 2.45) is 17.4 Å². The summed E-state index contributed by atoms with van der Waals surface area (Å²) in [7, 11) is 0. The molecule has 2 amide bonds. The molecule has 27 heavy (non-hydrogen) atoms. The molecule has 1 aliphatic rings. The van der Waals surface area contributed by atoms with E-state index in [0.29, 0.717) is 22.7 Å². The zero-order valence-corrected chi connectivity index (χ0v) is 15.0. The first-order chi connectivity index (χ1) is 12.9. The van der Waals surface area contributed by atoms with Crippen molar-refractivity contribution in [3.8, 4) is 11.1 Å². The molecule has 1 aromatic carbocycles. The first kappa shape index (κ1) is 17.1. The number of hydrogen-bond donors (Lipinski definition) is 3. The van der Waals surface area contributed by atoms with Crippen LogP contribution in [-0.2, 0) is 0 Å². The van der Waals surface area contributed by atoms with Crippen molar-refractivity contribution < 1.29 is 9.59 Å². The molecule has 0 radical (unpaired) electrons. The number of primary amides is 2. The molecule has 0 aliphatic heterocycles. The van der Waals surface area contributed by atoms with E-state index in [1.807, 2.05) is 18.3 Å². The van der Waals surface area contributed by atoms with Gasteiger partial charge in [0.2, 0.25) is 5.91 Å². The zero-order chi connectivity index (χ0) is 19.1. The summed E-state index contributed by atoms with van der Waals surface area (Å²) in [6, 6.07) is 9.28. The Morgan fingerprint density at radius 1 is 1.19 bits per heavy atom. The highest BCUT2D eigenvalue weighted by Gasteiger charge is 2.29. The fourth-order valence-corrected chi connectivity index (χ4v) is 3.35. The predicted molar refractivity (Wildman–Crippen MR) is 103 cm³/mol. The van der Waals surface area contributed by atoms with Gasteiger partial charge in [0.1, 0.15) is 0 Å². The summed E-state index contributed by atoms with van der Waals surface area (Å²) >= 11 is 0. The normalized spacial score (nSPS) is 14.9. The molecule has 3 aromatic rings. The van der Waals surface area contributed by atoms with Crippen LogP contribution >= 0.6 is 0 Å². The van der Waals surface area contributed by atoms with E-state index in [1.165, 1.54) is 19.0 Å². The van der Waals surface area contributed by atoms with Crippen LogP contribution < -0.4 is 16.8 Å². The molecule has 0 spiro atoms. The topological polar surface area (TPSA) is 116 Å². The molecule has 4 rings (SSSR count). The van der Waals surface area contributed by atoms with Crippen molar-refractivity contribution in [2.45, 2.75) is 25.8 Å². The largest absolute Gasteiger partial charge is 0.380 e. The number of nitrogens with one attached hydrogen (secondary N) is 1. The Morgan fingerprint density at radius 2 is 1.96 bits per heavy atom. The molecule has 1 saturated carbocycles. The summed E-state index contributed by atoms with van der Waals surface area (Å²) in [5.41, 5.74) is 14.9. The van der Waals surface area contributed by atoms with Gasteiger partial charge in [-0.3, -0.25) is 9.59 Å². The second-order valence-corrected chi connectivity index (χ2v) is 7.07. The number of amides is 2. The molecule has 138 valence electrons. The van der Waals surface area contributed by atoms with Gasteiger partial charge in [0.25, 0.3) is 5.91 Å². The number of benzene rings is 1. The van der Waals surface area contributed by atoms with Crippen molar-refractivity contribution >= 4 is 23.0 Å². The molecular weight excluding hydrogens is 342 g/mol. The quantitative estimate of drug-likeness (QED) is 0.623. The number of nitrogens with zero attached hydrogens (tertiary/aromatic N) is 2. The number of fused-ring (bicyclic) bond motifs is 1. The third-order valence-corrected chi connectivity index (χ3v) is 5.08. The molecule has 2 aromatic heterocycles. The Kier molecular flexibility index (Phi) is 4.07. The lowest BCUT2D eigenvalue weighted by atomic mass is 10.1. The number of carbonyl (C=O) groups excluding carboxylic acids is 2. The minimum absolute atomic E-state index is 0.242. The molecular formula is C20H21N5O2. The first-order valence-electron chi connectivity index (χ1n) is 8.92. The van der Waals surface area contributed by atoms with Crippen molar-refractivity contribution in [3.63, 3.8) is 0 Å². The van der Waals surface area contributed by atoms with Crippen LogP contribution in [0.15, 0.2) is 42.7 Å². The minimum Gasteiger partial charge on any atom is -0.380 e. The Balaban J connectivity index is 1.82. The van der Waals surface area contributed by atoms with Crippen molar-refractivity contribution in [3.05, 3.63) is 53.9 Å². The second-order valence-electron chi connectivity index (χ2n) is 7.07. The fraction of sp³-hybridized carbons (Fsp3) is 0.250. The van der Waals surface area contributed by atoms with E-state index in [9.17, 15) is 9.59 Å². The van der Waals surface area contributed by atoms with Crippen LogP contribution in [0.5, 0.6) is 0 Å². The molecule has 1 aliphatic carbocycles. The maximum Gasteiger partial charge on any atom is 0.252 e. The van der Waals surface area contributed by atoms with E-state index in [-0.39, 0.29) is 6.04 Å². The lowest BCUT2D eigenvalue weighted by Crippen LogP contribution is -2.22. The van der Waals surface area contributed by atoms with E-state index in [2.05, 4.69) is 17.3 Å². The van der Waals surface area contributed by atoms with E-state index in [4.69, 9.17) is 11.5 Å². The molecule has 1 atom stereocenters. The maximum atomic E-state index is 11.9. The van der Waals surface area contributed by atoms with Crippen LogP contribution in [0.4, 0.5) is 5.69 Å². The van der Waals surface area contributed by atoms with Crippen LogP contribution in [0.2, 0.25) is 0 Å². The van der Waals surface area contributed by atoms with Crippen LogP contribution in [-0.4, -0.2) is 27.5 Å². The average molecular weight is 363 g/mol. The maximum absolute atomic E-state index is 11.9. The molecule has 0 bridgehead atoms. The van der Waals surface area contributed by atoms with Crippen molar-refractivity contribution in [1.82, 2.24) is 9.61 Å². The smallest absolute Gasteiger partial charge is 0.252 e. The molecule has 1 unspecified atom stereocenters. The molecule has 5 N–H and O–H groups in total. The van der Waals surface area contributed by atoms with Crippen molar-refractivity contribution in [1.29, 1.82) is 0 Å². The number of rotatable bonds is 6. The van der Waals surface area contributed by atoms with Crippen molar-refractivity contribution in [2.75, 3.05) is 5.32 Å². The van der Waals surface area contributed by atoms with E-state index < -0.39 is 11.8 Å². The summed E-state index contributed by atoms with van der Waals surface area (Å²) in [6.07, 6.45) is 5.72. The van der Waals surface area contributed by atoms with Gasteiger partial charge < -0.3 is 16.8 Å². The first-order valence-corrected chi connectivity index (χ1v) is 8.92. The third-order valence-electron chi connectivity index (χ3n) is 5.08. The highest BCUT2D eigenvalue weighted by atomic mass is 16.1. The van der Waals surface area contributed by atoms with Gasteiger partial charge in [0.15, 0.2) is 0 Å². The standard InChI is InChI=1S/C20H21N5O2/c1-11(12-5-6-12)24-18-16(20(22)27)9-23-25-10-15(8-17(18)25)13-3-2-4-14(7-13)19(21)26/h2-4,7-12,24H,5-6H2,1H3,(H2,21,26)(H2,22,27). The van der Waals surface area contributed by atoms with Gasteiger partial charge in [0.05, 0.1) is 23.0 Å². The molecule has 2 heterocycles. The number of carbonyl (C=O) groups is 2. The molecule has 0 saturated heterocycles. The average Bonchev–Trinajstić information content (AvgIpc) is 3.40. The van der Waals surface area contributed by atoms with Crippen LogP contribution in [0.3, 0.4) is 0 Å². The summed E-state index contributed by atoms with van der Waals surface area (Å²) in [4.78, 5) is 23.4. The van der Waals surface area contributed by atoms with Crippen LogP contribution in [0.25, 0.3) is 16.6 Å².